The highest BCUT2D eigenvalue weighted by atomic mass is 16.5. The number of methoxy groups -OCH3 is 3. The quantitative estimate of drug-likeness (QED) is 0.463. The molecular formula is C19H29NO5. The van der Waals surface area contributed by atoms with Gasteiger partial charge in [-0.3, -0.25) is 4.79 Å². The van der Waals surface area contributed by atoms with Crippen molar-refractivity contribution < 1.29 is 23.7 Å². The lowest BCUT2D eigenvalue weighted by atomic mass is 10.1. The third-order valence-corrected chi connectivity index (χ3v) is 3.56. The van der Waals surface area contributed by atoms with Crippen LogP contribution in [0.3, 0.4) is 0 Å². The lowest BCUT2D eigenvalue weighted by molar-refractivity contribution is -0.116. The van der Waals surface area contributed by atoms with Crippen LogP contribution in [-0.4, -0.2) is 47.0 Å². The molecule has 6 heteroatoms. The predicted octanol–water partition coefficient (Wildman–Crippen LogP) is 3.05. The molecule has 140 valence electrons. The second kappa shape index (κ2) is 12.2. The Morgan fingerprint density at radius 2 is 1.64 bits per heavy atom. The highest BCUT2D eigenvalue weighted by Gasteiger charge is 2.10. The van der Waals surface area contributed by atoms with Crippen molar-refractivity contribution in [3.63, 3.8) is 0 Å². The molecule has 0 heterocycles. The van der Waals surface area contributed by atoms with Gasteiger partial charge in [-0.2, -0.15) is 0 Å². The molecule has 0 saturated carbocycles. The van der Waals surface area contributed by atoms with E-state index in [0.29, 0.717) is 30.4 Å². The molecule has 0 unspecified atom stereocenters. The number of unbranched alkanes of at least 4 members (excludes halogenated alkanes) is 1. The Bertz CT molecular complexity index is 557. The lowest BCUT2D eigenvalue weighted by Gasteiger charge is -2.12. The minimum absolute atomic E-state index is 0.162. The van der Waals surface area contributed by atoms with Gasteiger partial charge in [0.15, 0.2) is 11.5 Å². The molecule has 0 spiro atoms. The Morgan fingerprint density at radius 3 is 2.28 bits per heavy atom. The molecule has 1 amide bonds. The van der Waals surface area contributed by atoms with E-state index < -0.39 is 0 Å². The van der Waals surface area contributed by atoms with Gasteiger partial charge < -0.3 is 24.3 Å². The number of nitrogens with one attached hydrogen (secondary N) is 1. The molecule has 0 radical (unpaired) electrons. The first-order valence-corrected chi connectivity index (χ1v) is 8.49. The zero-order valence-electron chi connectivity index (χ0n) is 15.6. The zero-order chi connectivity index (χ0) is 18.5. The van der Waals surface area contributed by atoms with Crippen LogP contribution >= 0.6 is 0 Å². The molecule has 0 aliphatic heterocycles. The van der Waals surface area contributed by atoms with Gasteiger partial charge in [-0.05, 0) is 25.0 Å². The van der Waals surface area contributed by atoms with Crippen LogP contribution in [0.15, 0.2) is 18.2 Å². The fraction of sp³-hybridized carbons (Fsp3) is 0.526. The van der Waals surface area contributed by atoms with Crippen molar-refractivity contribution >= 4 is 12.0 Å². The van der Waals surface area contributed by atoms with Gasteiger partial charge in [0.25, 0.3) is 0 Å². The maximum Gasteiger partial charge on any atom is 0.244 e. The average molecular weight is 351 g/mol. The first-order chi connectivity index (χ1) is 12.2. The Morgan fingerprint density at radius 1 is 1.00 bits per heavy atom. The van der Waals surface area contributed by atoms with E-state index in [-0.39, 0.29) is 5.91 Å². The van der Waals surface area contributed by atoms with Gasteiger partial charge >= 0.3 is 0 Å². The molecular weight excluding hydrogens is 322 g/mol. The van der Waals surface area contributed by atoms with Crippen LogP contribution < -0.4 is 19.5 Å². The Hall–Kier alpha value is -2.21. The summed E-state index contributed by atoms with van der Waals surface area (Å²) in [5.74, 6) is 1.59. The van der Waals surface area contributed by atoms with Crippen LogP contribution in [0.5, 0.6) is 17.2 Å². The number of carbonyl (C=O) groups excluding carboxylic acids is 1. The molecule has 0 fully saturated rings. The number of ether oxygens (including phenoxy) is 4. The van der Waals surface area contributed by atoms with E-state index >= 15 is 0 Å². The molecule has 0 aliphatic carbocycles. The second-order valence-electron chi connectivity index (χ2n) is 5.39. The van der Waals surface area contributed by atoms with E-state index in [9.17, 15) is 4.79 Å². The lowest BCUT2D eigenvalue weighted by Crippen LogP contribution is -2.23. The number of hydrogen-bond donors (Lipinski definition) is 1. The van der Waals surface area contributed by atoms with Crippen molar-refractivity contribution in [2.75, 3.05) is 41.1 Å². The topological polar surface area (TPSA) is 66.0 Å². The van der Waals surface area contributed by atoms with Gasteiger partial charge in [-0.1, -0.05) is 13.3 Å². The SMILES string of the molecule is CCCCOCCCNC(=O)/C=C/c1cc(OC)c(OC)cc1OC. The zero-order valence-corrected chi connectivity index (χ0v) is 15.6. The summed E-state index contributed by atoms with van der Waals surface area (Å²) in [5.41, 5.74) is 0.734. The van der Waals surface area contributed by atoms with Crippen molar-refractivity contribution in [2.24, 2.45) is 0 Å². The standard InChI is InChI=1S/C19H29NO5/c1-5-6-11-25-12-7-10-20-19(21)9-8-15-13-17(23-3)18(24-4)14-16(15)22-2/h8-9,13-14H,5-7,10-12H2,1-4H3,(H,20,21)/b9-8+. The summed E-state index contributed by atoms with van der Waals surface area (Å²) in [7, 11) is 4.69. The fourth-order valence-corrected chi connectivity index (χ4v) is 2.14. The van der Waals surface area contributed by atoms with Gasteiger partial charge in [-0.25, -0.2) is 0 Å². The van der Waals surface area contributed by atoms with Crippen LogP contribution in [0.25, 0.3) is 6.08 Å². The van der Waals surface area contributed by atoms with Gasteiger partial charge in [0, 0.05) is 37.5 Å². The van der Waals surface area contributed by atoms with E-state index in [1.165, 1.54) is 6.08 Å². The van der Waals surface area contributed by atoms with Gasteiger partial charge in [-0.15, -0.1) is 0 Å². The first kappa shape index (κ1) is 20.8. The van der Waals surface area contributed by atoms with Gasteiger partial charge in [0.05, 0.1) is 21.3 Å². The third-order valence-electron chi connectivity index (χ3n) is 3.56. The van der Waals surface area contributed by atoms with Crippen molar-refractivity contribution in [1.82, 2.24) is 5.32 Å². The van der Waals surface area contributed by atoms with E-state index in [1.54, 1.807) is 39.5 Å². The fourth-order valence-electron chi connectivity index (χ4n) is 2.14. The van der Waals surface area contributed by atoms with Crippen molar-refractivity contribution in [3.8, 4) is 17.2 Å². The molecule has 0 atom stereocenters. The molecule has 1 rings (SSSR count). The van der Waals surface area contributed by atoms with Crippen LogP contribution in [0, 0.1) is 0 Å². The predicted molar refractivity (Wildman–Crippen MR) is 98.5 cm³/mol. The Balaban J connectivity index is 2.52. The molecule has 0 bridgehead atoms. The minimum Gasteiger partial charge on any atom is -0.496 e. The van der Waals surface area contributed by atoms with Crippen LogP contribution in [0.1, 0.15) is 31.7 Å². The Labute approximate surface area is 150 Å². The molecule has 1 aromatic rings. The molecule has 0 aromatic heterocycles. The number of rotatable bonds is 12. The smallest absolute Gasteiger partial charge is 0.244 e. The van der Waals surface area contributed by atoms with Crippen molar-refractivity contribution in [2.45, 2.75) is 26.2 Å². The largest absolute Gasteiger partial charge is 0.496 e. The molecule has 1 N–H and O–H groups in total. The number of carbonyl (C=O) groups is 1. The van der Waals surface area contributed by atoms with Crippen LogP contribution in [0.2, 0.25) is 0 Å². The summed E-state index contributed by atoms with van der Waals surface area (Å²) < 4.78 is 21.3. The summed E-state index contributed by atoms with van der Waals surface area (Å²) in [6.45, 7) is 4.15. The number of hydrogen-bond acceptors (Lipinski definition) is 5. The highest BCUT2D eigenvalue weighted by Crippen LogP contribution is 2.35. The second-order valence-corrected chi connectivity index (χ2v) is 5.39. The summed E-state index contributed by atoms with van der Waals surface area (Å²) in [6.07, 6.45) is 6.15. The van der Waals surface area contributed by atoms with E-state index in [0.717, 1.165) is 31.4 Å². The maximum absolute atomic E-state index is 11.9. The monoisotopic (exact) mass is 351 g/mol. The summed E-state index contributed by atoms with van der Waals surface area (Å²) in [6, 6.07) is 3.49. The van der Waals surface area contributed by atoms with Crippen molar-refractivity contribution in [1.29, 1.82) is 0 Å². The molecule has 0 saturated heterocycles. The highest BCUT2D eigenvalue weighted by molar-refractivity contribution is 5.92. The van der Waals surface area contributed by atoms with E-state index in [1.807, 2.05) is 0 Å². The number of amides is 1. The maximum atomic E-state index is 11.9. The van der Waals surface area contributed by atoms with Gasteiger partial charge in [0.2, 0.25) is 5.91 Å². The summed E-state index contributed by atoms with van der Waals surface area (Å²) in [5, 5.41) is 2.83. The first-order valence-electron chi connectivity index (χ1n) is 8.49. The minimum atomic E-state index is -0.162. The molecule has 0 aliphatic rings. The summed E-state index contributed by atoms with van der Waals surface area (Å²) in [4.78, 5) is 11.9. The molecule has 25 heavy (non-hydrogen) atoms. The third kappa shape index (κ3) is 7.47. The van der Waals surface area contributed by atoms with Gasteiger partial charge in [0.1, 0.15) is 5.75 Å². The van der Waals surface area contributed by atoms with Crippen LogP contribution in [-0.2, 0) is 9.53 Å². The normalized spacial score (nSPS) is 10.7. The average Bonchev–Trinajstić information content (AvgIpc) is 2.64. The van der Waals surface area contributed by atoms with E-state index in [2.05, 4.69) is 12.2 Å². The number of benzene rings is 1. The van der Waals surface area contributed by atoms with Crippen LogP contribution in [0.4, 0.5) is 0 Å². The van der Waals surface area contributed by atoms with Crippen molar-refractivity contribution in [3.05, 3.63) is 23.8 Å². The Kier molecular flexibility index (Phi) is 10.2. The van der Waals surface area contributed by atoms with E-state index in [4.69, 9.17) is 18.9 Å². The molecule has 1 aromatic carbocycles. The molecule has 6 nitrogen and oxygen atoms in total. The summed E-state index contributed by atoms with van der Waals surface area (Å²) >= 11 is 0.